The van der Waals surface area contributed by atoms with Gasteiger partial charge in [-0.15, -0.1) is 0 Å². The van der Waals surface area contributed by atoms with Crippen LogP contribution in [-0.2, 0) is 6.18 Å². The smallest absolute Gasteiger partial charge is 0.351 e. The van der Waals surface area contributed by atoms with E-state index >= 15 is 0 Å². The van der Waals surface area contributed by atoms with Gasteiger partial charge in [-0.05, 0) is 25.5 Å². The van der Waals surface area contributed by atoms with Crippen molar-refractivity contribution in [3.63, 3.8) is 0 Å². The molecule has 27 heavy (non-hydrogen) atoms. The minimum atomic E-state index is -4.78. The maximum absolute atomic E-state index is 14.2. The molecule has 0 saturated carbocycles. The Balaban J connectivity index is 1.89. The van der Waals surface area contributed by atoms with Crippen molar-refractivity contribution in [2.45, 2.75) is 26.1 Å². The highest BCUT2D eigenvalue weighted by Gasteiger charge is 2.38. The molecule has 144 valence electrons. The Bertz CT molecular complexity index is 865. The number of amidine groups is 2. The van der Waals surface area contributed by atoms with E-state index in [-0.39, 0.29) is 17.4 Å². The van der Waals surface area contributed by atoms with Crippen LogP contribution in [0, 0.1) is 5.82 Å². The molecule has 9 heteroatoms. The molecule has 1 atom stereocenters. The standard InChI is InChI=1S/C18H19F4N5/c1-10-9-27-15-8-13(19)12(18(20,21)22)7-14(15)25-16(17(27)24-11(10)2)26-5-3-23-4-6-26/h7-9,11,23H,3-6H2,1-2H3. The second-order valence-corrected chi connectivity index (χ2v) is 6.86. The van der Waals surface area contributed by atoms with Crippen molar-refractivity contribution < 1.29 is 17.6 Å². The summed E-state index contributed by atoms with van der Waals surface area (Å²) in [6.07, 6.45) is -2.98. The summed E-state index contributed by atoms with van der Waals surface area (Å²) in [6, 6.07) is 1.60. The summed E-state index contributed by atoms with van der Waals surface area (Å²) in [7, 11) is 0. The Hall–Kier alpha value is -2.42. The zero-order chi connectivity index (χ0) is 19.3. The second kappa shape index (κ2) is 6.33. The van der Waals surface area contributed by atoms with E-state index in [0.717, 1.165) is 30.8 Å². The molecule has 1 aromatic rings. The molecule has 1 N–H and O–H groups in total. The van der Waals surface area contributed by atoms with Crippen molar-refractivity contribution in [3.8, 4) is 0 Å². The van der Waals surface area contributed by atoms with E-state index in [2.05, 4.69) is 15.3 Å². The van der Waals surface area contributed by atoms with Gasteiger partial charge in [-0.1, -0.05) is 0 Å². The van der Waals surface area contributed by atoms with Gasteiger partial charge in [0.25, 0.3) is 0 Å². The fourth-order valence-corrected chi connectivity index (χ4v) is 3.37. The van der Waals surface area contributed by atoms with Gasteiger partial charge in [0.05, 0.1) is 23.0 Å². The first kappa shape index (κ1) is 18.0. The molecule has 0 amide bonds. The van der Waals surface area contributed by atoms with Crippen molar-refractivity contribution in [1.29, 1.82) is 0 Å². The SMILES string of the molecule is CC1=CN2C(=NC1C)C(N1CCNCC1)=Nc1cc(C(F)(F)F)c(F)cc12. The van der Waals surface area contributed by atoms with E-state index in [4.69, 9.17) is 0 Å². The Labute approximate surface area is 154 Å². The number of nitrogens with zero attached hydrogens (tertiary/aromatic N) is 4. The first-order valence-corrected chi connectivity index (χ1v) is 8.76. The molecule has 4 rings (SSSR count). The number of hydrogen-bond acceptors (Lipinski definition) is 5. The molecule has 0 aromatic heterocycles. The number of hydrogen-bond donors (Lipinski definition) is 1. The van der Waals surface area contributed by atoms with E-state index < -0.39 is 17.6 Å². The van der Waals surface area contributed by atoms with E-state index in [1.54, 1.807) is 11.1 Å². The topological polar surface area (TPSA) is 43.2 Å². The Morgan fingerprint density at radius 3 is 2.52 bits per heavy atom. The highest BCUT2D eigenvalue weighted by atomic mass is 19.4. The summed E-state index contributed by atoms with van der Waals surface area (Å²) in [4.78, 5) is 12.8. The number of fused-ring (bicyclic) bond motifs is 3. The monoisotopic (exact) mass is 381 g/mol. The zero-order valence-electron chi connectivity index (χ0n) is 14.9. The average Bonchev–Trinajstić information content (AvgIpc) is 2.62. The summed E-state index contributed by atoms with van der Waals surface area (Å²) in [5, 5.41) is 3.24. The predicted octanol–water partition coefficient (Wildman–Crippen LogP) is 3.30. The molecule has 0 radical (unpaired) electrons. The molecule has 1 fully saturated rings. The van der Waals surface area contributed by atoms with Crippen LogP contribution in [0.15, 0.2) is 33.9 Å². The van der Waals surface area contributed by atoms with Crippen LogP contribution >= 0.6 is 0 Å². The summed E-state index contributed by atoms with van der Waals surface area (Å²) in [5.41, 5.74) is -0.0121. The normalized spacial score (nSPS) is 22.6. The van der Waals surface area contributed by atoms with Crippen molar-refractivity contribution in [2.75, 3.05) is 31.1 Å². The van der Waals surface area contributed by atoms with Crippen molar-refractivity contribution in [3.05, 3.63) is 35.3 Å². The molecular weight excluding hydrogens is 362 g/mol. The number of nitrogens with one attached hydrogen (secondary N) is 1. The van der Waals surface area contributed by atoms with Gasteiger partial charge >= 0.3 is 6.18 Å². The summed E-state index contributed by atoms with van der Waals surface area (Å²) in [5.74, 6) is -0.243. The van der Waals surface area contributed by atoms with Gasteiger partial charge in [0, 0.05) is 38.4 Å². The van der Waals surface area contributed by atoms with Crippen LogP contribution in [0.3, 0.4) is 0 Å². The molecule has 0 aliphatic carbocycles. The van der Waals surface area contributed by atoms with Gasteiger partial charge in [0.1, 0.15) is 5.82 Å². The zero-order valence-corrected chi connectivity index (χ0v) is 14.9. The summed E-state index contributed by atoms with van der Waals surface area (Å²) < 4.78 is 53.7. The van der Waals surface area contributed by atoms with Gasteiger partial charge in [0.15, 0.2) is 11.7 Å². The quantitative estimate of drug-likeness (QED) is 0.702. The van der Waals surface area contributed by atoms with Gasteiger partial charge in [-0.2, -0.15) is 13.2 Å². The van der Waals surface area contributed by atoms with Gasteiger partial charge in [0.2, 0.25) is 0 Å². The molecule has 0 bridgehead atoms. The number of rotatable bonds is 0. The maximum Gasteiger partial charge on any atom is 0.419 e. The molecule has 3 aliphatic rings. The van der Waals surface area contributed by atoms with Gasteiger partial charge in [-0.25, -0.2) is 9.38 Å². The minimum Gasteiger partial charge on any atom is -0.351 e. The third-order valence-corrected chi connectivity index (χ3v) is 5.01. The molecule has 1 saturated heterocycles. The van der Waals surface area contributed by atoms with E-state index in [1.165, 1.54) is 0 Å². The molecular formula is C18H19F4N5. The number of benzene rings is 1. The third-order valence-electron chi connectivity index (χ3n) is 5.01. The third kappa shape index (κ3) is 3.09. The van der Waals surface area contributed by atoms with Crippen LogP contribution in [0.4, 0.5) is 28.9 Å². The fraction of sp³-hybridized carbons (Fsp3) is 0.444. The molecule has 3 aliphatic heterocycles. The number of piperazine rings is 1. The van der Waals surface area contributed by atoms with Crippen LogP contribution in [0.1, 0.15) is 19.4 Å². The number of anilines is 1. The predicted molar refractivity (Wildman–Crippen MR) is 96.1 cm³/mol. The van der Waals surface area contributed by atoms with Gasteiger partial charge in [-0.3, -0.25) is 9.89 Å². The molecule has 1 aromatic carbocycles. The lowest BCUT2D eigenvalue weighted by Gasteiger charge is -2.39. The van der Waals surface area contributed by atoms with Crippen LogP contribution in [0.2, 0.25) is 0 Å². The van der Waals surface area contributed by atoms with Crippen molar-refractivity contribution in [2.24, 2.45) is 9.98 Å². The Kier molecular flexibility index (Phi) is 4.21. The van der Waals surface area contributed by atoms with E-state index in [9.17, 15) is 17.6 Å². The molecule has 3 heterocycles. The summed E-state index contributed by atoms with van der Waals surface area (Å²) in [6.45, 7) is 6.67. The maximum atomic E-state index is 14.2. The Morgan fingerprint density at radius 1 is 1.15 bits per heavy atom. The number of alkyl halides is 3. The van der Waals surface area contributed by atoms with E-state index in [1.807, 2.05) is 18.7 Å². The second-order valence-electron chi connectivity index (χ2n) is 6.86. The molecule has 1 unspecified atom stereocenters. The van der Waals surface area contributed by atoms with Crippen LogP contribution in [-0.4, -0.2) is 48.8 Å². The molecule has 5 nitrogen and oxygen atoms in total. The lowest BCUT2D eigenvalue weighted by molar-refractivity contribution is -0.139. The first-order chi connectivity index (χ1) is 12.8. The Morgan fingerprint density at radius 2 is 1.85 bits per heavy atom. The number of aliphatic imine (C=N–C) groups is 2. The summed E-state index contributed by atoms with van der Waals surface area (Å²) >= 11 is 0. The number of halogens is 4. The largest absolute Gasteiger partial charge is 0.419 e. The fourth-order valence-electron chi connectivity index (χ4n) is 3.37. The lowest BCUT2D eigenvalue weighted by Crippen LogP contribution is -2.53. The van der Waals surface area contributed by atoms with Crippen molar-refractivity contribution >= 4 is 23.0 Å². The van der Waals surface area contributed by atoms with Crippen LogP contribution < -0.4 is 10.2 Å². The molecule has 0 spiro atoms. The highest BCUT2D eigenvalue weighted by Crippen LogP contribution is 2.42. The van der Waals surface area contributed by atoms with E-state index in [0.29, 0.717) is 24.8 Å². The van der Waals surface area contributed by atoms with Crippen LogP contribution in [0.5, 0.6) is 0 Å². The van der Waals surface area contributed by atoms with Crippen LogP contribution in [0.25, 0.3) is 0 Å². The van der Waals surface area contributed by atoms with Crippen molar-refractivity contribution in [1.82, 2.24) is 10.2 Å². The van der Waals surface area contributed by atoms with Gasteiger partial charge < -0.3 is 10.2 Å². The minimum absolute atomic E-state index is 0.0785. The highest BCUT2D eigenvalue weighted by molar-refractivity contribution is 6.48. The average molecular weight is 381 g/mol. The lowest BCUT2D eigenvalue weighted by atomic mass is 10.1. The first-order valence-electron chi connectivity index (χ1n) is 8.76.